The Bertz CT molecular complexity index is 1140. The van der Waals surface area contributed by atoms with E-state index in [0.717, 1.165) is 37.2 Å². The van der Waals surface area contributed by atoms with Gasteiger partial charge >= 0.3 is 18.1 Å². The summed E-state index contributed by atoms with van der Waals surface area (Å²) < 4.78 is 31.7. The number of piperidine rings is 2. The molecule has 0 atom stereocenters. The van der Waals surface area contributed by atoms with Crippen molar-refractivity contribution in [2.45, 2.75) is 51.2 Å². The number of aromatic carboxylic acids is 1. The molecule has 11 heteroatoms. The summed E-state index contributed by atoms with van der Waals surface area (Å²) in [6.45, 7) is 5.99. The van der Waals surface area contributed by atoms with Crippen LogP contribution >= 0.6 is 0 Å². The second kappa shape index (κ2) is 12.8. The molecule has 0 radical (unpaired) electrons. The summed E-state index contributed by atoms with van der Waals surface area (Å²) >= 11 is 0. The highest BCUT2D eigenvalue weighted by atomic mass is 19.4. The molecule has 0 unspecified atom stereocenters. The SMILES string of the molecule is Cc1ccccc1C(=O)Nc1ccc(N2CCC(N3CCCCC3)CC2)c(C(=O)O)c1.O=C(O)C(F)(F)F. The van der Waals surface area contributed by atoms with Crippen molar-refractivity contribution in [1.82, 2.24) is 4.90 Å². The molecule has 0 aliphatic carbocycles. The fourth-order valence-corrected chi connectivity index (χ4v) is 4.84. The molecular weight excluding hydrogens is 503 g/mol. The van der Waals surface area contributed by atoms with E-state index in [1.807, 2.05) is 31.2 Å². The van der Waals surface area contributed by atoms with Gasteiger partial charge in [0, 0.05) is 30.4 Å². The molecule has 3 N–H and O–H groups in total. The number of carboxylic acids is 2. The quantitative estimate of drug-likeness (QED) is 0.492. The molecule has 38 heavy (non-hydrogen) atoms. The fraction of sp³-hybridized carbons (Fsp3) is 0.444. The molecule has 2 aromatic rings. The molecule has 1 amide bonds. The van der Waals surface area contributed by atoms with Gasteiger partial charge in [-0.3, -0.25) is 4.79 Å². The Kier molecular flexibility index (Phi) is 9.73. The zero-order chi connectivity index (χ0) is 27.9. The lowest BCUT2D eigenvalue weighted by molar-refractivity contribution is -0.192. The molecule has 2 aromatic carbocycles. The van der Waals surface area contributed by atoms with Crippen LogP contribution in [0.25, 0.3) is 0 Å². The van der Waals surface area contributed by atoms with Gasteiger partial charge in [0.15, 0.2) is 0 Å². The summed E-state index contributed by atoms with van der Waals surface area (Å²) in [5.74, 6) is -3.96. The molecule has 2 heterocycles. The van der Waals surface area contributed by atoms with Crippen molar-refractivity contribution in [2.75, 3.05) is 36.4 Å². The minimum atomic E-state index is -5.08. The first-order valence-corrected chi connectivity index (χ1v) is 12.5. The number of carbonyl (C=O) groups is 3. The minimum Gasteiger partial charge on any atom is -0.478 e. The van der Waals surface area contributed by atoms with Crippen LogP contribution in [0.5, 0.6) is 0 Å². The molecule has 4 rings (SSSR count). The number of likely N-dealkylation sites (tertiary alicyclic amines) is 1. The van der Waals surface area contributed by atoms with Crippen molar-refractivity contribution in [3.8, 4) is 0 Å². The van der Waals surface area contributed by atoms with E-state index in [1.54, 1.807) is 18.2 Å². The zero-order valence-corrected chi connectivity index (χ0v) is 21.1. The Morgan fingerprint density at radius 2 is 1.50 bits per heavy atom. The smallest absolute Gasteiger partial charge is 0.478 e. The van der Waals surface area contributed by atoms with Crippen LogP contribution in [-0.2, 0) is 4.79 Å². The van der Waals surface area contributed by atoms with E-state index in [1.165, 1.54) is 32.4 Å². The Hall–Kier alpha value is -3.60. The summed E-state index contributed by atoms with van der Waals surface area (Å²) in [4.78, 5) is 38.3. The highest BCUT2D eigenvalue weighted by Gasteiger charge is 2.38. The van der Waals surface area contributed by atoms with E-state index in [9.17, 15) is 27.9 Å². The van der Waals surface area contributed by atoms with E-state index in [2.05, 4.69) is 15.1 Å². The van der Waals surface area contributed by atoms with Gasteiger partial charge in [0.2, 0.25) is 0 Å². The molecule has 0 spiro atoms. The summed E-state index contributed by atoms with van der Waals surface area (Å²) in [5, 5.41) is 19.8. The number of benzene rings is 2. The molecular formula is C27H32F3N3O5. The Labute approximate surface area is 219 Å². The summed E-state index contributed by atoms with van der Waals surface area (Å²) in [6, 6.07) is 13.2. The standard InChI is InChI=1S/C25H31N3O3.C2HF3O2/c1-18-7-3-4-8-21(18)24(29)26-19-9-10-23(22(17-19)25(30)31)28-15-11-20(12-16-28)27-13-5-2-6-14-27;3-2(4,5)1(6)7/h3-4,7-10,17,20H,2,5-6,11-16H2,1H3,(H,26,29)(H,30,31);(H,6,7). The average molecular weight is 536 g/mol. The van der Waals surface area contributed by atoms with Crippen molar-refractivity contribution in [1.29, 1.82) is 0 Å². The van der Waals surface area contributed by atoms with Crippen molar-refractivity contribution >= 4 is 29.2 Å². The number of hydrogen-bond acceptors (Lipinski definition) is 5. The maximum absolute atomic E-state index is 12.6. The van der Waals surface area contributed by atoms with E-state index in [-0.39, 0.29) is 11.5 Å². The van der Waals surface area contributed by atoms with Gasteiger partial charge in [-0.15, -0.1) is 0 Å². The molecule has 0 bridgehead atoms. The number of halogens is 3. The third-order valence-corrected chi connectivity index (χ3v) is 6.83. The third kappa shape index (κ3) is 7.70. The number of carboxylic acid groups (broad SMARTS) is 2. The largest absolute Gasteiger partial charge is 0.490 e. The minimum absolute atomic E-state index is 0.232. The first kappa shape index (κ1) is 29.0. The first-order chi connectivity index (χ1) is 18.0. The van der Waals surface area contributed by atoms with Crippen molar-refractivity contribution in [3.63, 3.8) is 0 Å². The Morgan fingerprint density at radius 1 is 0.895 bits per heavy atom. The molecule has 2 saturated heterocycles. The van der Waals surface area contributed by atoms with Gasteiger partial charge in [-0.05, 0) is 75.5 Å². The second-order valence-electron chi connectivity index (χ2n) is 9.42. The number of alkyl halides is 3. The first-order valence-electron chi connectivity index (χ1n) is 12.5. The normalized spacial score (nSPS) is 16.8. The number of carbonyl (C=O) groups excluding carboxylic acids is 1. The highest BCUT2D eigenvalue weighted by Crippen LogP contribution is 2.29. The monoisotopic (exact) mass is 535 g/mol. The molecule has 2 aliphatic rings. The van der Waals surface area contributed by atoms with Gasteiger partial charge in [-0.1, -0.05) is 24.6 Å². The predicted octanol–water partition coefficient (Wildman–Crippen LogP) is 5.03. The summed E-state index contributed by atoms with van der Waals surface area (Å²) in [6.07, 6.45) is 0.956. The van der Waals surface area contributed by atoms with Gasteiger partial charge < -0.3 is 25.3 Å². The number of aliphatic carboxylic acids is 1. The lowest BCUT2D eigenvalue weighted by atomic mass is 9.98. The van der Waals surface area contributed by atoms with Crippen LogP contribution in [0.3, 0.4) is 0 Å². The van der Waals surface area contributed by atoms with Gasteiger partial charge in [-0.2, -0.15) is 13.2 Å². The average Bonchev–Trinajstić information content (AvgIpc) is 2.89. The maximum atomic E-state index is 12.6. The number of nitrogens with one attached hydrogen (secondary N) is 1. The lowest BCUT2D eigenvalue weighted by Gasteiger charge is -2.41. The molecule has 8 nitrogen and oxygen atoms in total. The van der Waals surface area contributed by atoms with Crippen LogP contribution in [0.4, 0.5) is 24.5 Å². The molecule has 206 valence electrons. The highest BCUT2D eigenvalue weighted by molar-refractivity contribution is 6.06. The maximum Gasteiger partial charge on any atom is 0.490 e. The van der Waals surface area contributed by atoms with Gasteiger partial charge in [0.25, 0.3) is 5.91 Å². The molecule has 0 aromatic heterocycles. The number of amides is 1. The van der Waals surface area contributed by atoms with E-state index in [0.29, 0.717) is 17.3 Å². The van der Waals surface area contributed by atoms with Crippen molar-refractivity contribution in [3.05, 3.63) is 59.2 Å². The number of nitrogens with zero attached hydrogens (tertiary/aromatic N) is 2. The van der Waals surface area contributed by atoms with Gasteiger partial charge in [-0.25, -0.2) is 9.59 Å². The van der Waals surface area contributed by atoms with Gasteiger partial charge in [0.05, 0.1) is 11.3 Å². The number of anilines is 2. The van der Waals surface area contributed by atoms with E-state index < -0.39 is 18.1 Å². The zero-order valence-electron chi connectivity index (χ0n) is 21.1. The number of aryl methyl sites for hydroxylation is 1. The van der Waals surface area contributed by atoms with Crippen LogP contribution in [0.2, 0.25) is 0 Å². The molecule has 0 saturated carbocycles. The van der Waals surface area contributed by atoms with Crippen molar-refractivity contribution in [2.24, 2.45) is 0 Å². The molecule has 2 fully saturated rings. The Morgan fingerprint density at radius 3 is 2.05 bits per heavy atom. The van der Waals surface area contributed by atoms with E-state index in [4.69, 9.17) is 9.90 Å². The number of rotatable bonds is 5. The second-order valence-corrected chi connectivity index (χ2v) is 9.42. The topological polar surface area (TPSA) is 110 Å². The third-order valence-electron chi connectivity index (χ3n) is 6.83. The van der Waals surface area contributed by atoms with Crippen LogP contribution in [-0.4, -0.2) is 71.4 Å². The van der Waals surface area contributed by atoms with Crippen LogP contribution in [0.15, 0.2) is 42.5 Å². The van der Waals surface area contributed by atoms with E-state index >= 15 is 0 Å². The van der Waals surface area contributed by atoms with Crippen LogP contribution in [0, 0.1) is 6.92 Å². The predicted molar refractivity (Wildman–Crippen MR) is 137 cm³/mol. The summed E-state index contributed by atoms with van der Waals surface area (Å²) in [7, 11) is 0. The fourth-order valence-electron chi connectivity index (χ4n) is 4.84. The molecule has 2 aliphatic heterocycles. The van der Waals surface area contributed by atoms with Crippen molar-refractivity contribution < 1.29 is 37.8 Å². The van der Waals surface area contributed by atoms with Crippen LogP contribution in [0.1, 0.15) is 58.4 Å². The number of hydrogen-bond donors (Lipinski definition) is 3. The van der Waals surface area contributed by atoms with Gasteiger partial charge in [0.1, 0.15) is 0 Å². The summed E-state index contributed by atoms with van der Waals surface area (Å²) in [5.41, 5.74) is 2.94. The Balaban J connectivity index is 0.000000505. The van der Waals surface area contributed by atoms with Crippen LogP contribution < -0.4 is 10.2 Å². The lowest BCUT2D eigenvalue weighted by Crippen LogP contribution is -2.47.